The summed E-state index contributed by atoms with van der Waals surface area (Å²) in [5.41, 5.74) is -0.230. The smallest absolute Gasteiger partial charge is 0.342 e. The Bertz CT molecular complexity index is 703. The lowest BCUT2D eigenvalue weighted by Crippen LogP contribution is -2.42. The third-order valence-electron chi connectivity index (χ3n) is 3.17. The summed E-state index contributed by atoms with van der Waals surface area (Å²) < 4.78 is 37.0. The molecule has 0 spiro atoms. The van der Waals surface area contributed by atoms with Crippen molar-refractivity contribution in [2.45, 2.75) is 45.1 Å². The van der Waals surface area contributed by atoms with Crippen LogP contribution in [0.1, 0.15) is 42.1 Å². The number of nitrogens with one attached hydrogen (secondary N) is 1. The summed E-state index contributed by atoms with van der Waals surface area (Å²) in [6.45, 7) is 6.36. The van der Waals surface area contributed by atoms with Gasteiger partial charge in [-0.05, 0) is 26.2 Å². The van der Waals surface area contributed by atoms with Crippen molar-refractivity contribution in [1.29, 1.82) is 0 Å². The molecule has 0 aromatic carbocycles. The highest BCUT2D eigenvalue weighted by molar-refractivity contribution is 7.89. The molecular formula is C14H21NO7S. The van der Waals surface area contributed by atoms with Gasteiger partial charge in [0, 0.05) is 0 Å². The van der Waals surface area contributed by atoms with Gasteiger partial charge in [-0.25, -0.2) is 13.2 Å². The molecule has 1 rings (SSSR count). The van der Waals surface area contributed by atoms with E-state index < -0.39 is 32.9 Å². The molecule has 0 amide bonds. The summed E-state index contributed by atoms with van der Waals surface area (Å²) in [6.07, 6.45) is 0.109. The second kappa shape index (κ2) is 7.14. The molecule has 0 fully saturated rings. The number of hydrogen-bond acceptors (Lipinski definition) is 6. The largest absolute Gasteiger partial charge is 0.480 e. The summed E-state index contributed by atoms with van der Waals surface area (Å²) in [7, 11) is -3.15. The van der Waals surface area contributed by atoms with Crippen molar-refractivity contribution in [3.63, 3.8) is 0 Å². The van der Waals surface area contributed by atoms with Crippen LogP contribution in [0.4, 0.5) is 0 Å². The van der Waals surface area contributed by atoms with E-state index >= 15 is 0 Å². The van der Waals surface area contributed by atoms with E-state index in [9.17, 15) is 23.1 Å². The van der Waals surface area contributed by atoms with E-state index in [1.165, 1.54) is 13.8 Å². The first kappa shape index (κ1) is 19.2. The zero-order valence-electron chi connectivity index (χ0n) is 13.7. The van der Waals surface area contributed by atoms with Crippen molar-refractivity contribution < 1.29 is 32.3 Å². The molecule has 2 N–H and O–H groups in total. The van der Waals surface area contributed by atoms with Crippen LogP contribution in [-0.4, -0.2) is 38.6 Å². The third-order valence-corrected chi connectivity index (χ3v) is 4.79. The van der Waals surface area contributed by atoms with Crippen molar-refractivity contribution in [2.75, 3.05) is 7.11 Å². The minimum atomic E-state index is -4.27. The molecule has 0 aliphatic heterocycles. The van der Waals surface area contributed by atoms with E-state index in [4.69, 9.17) is 4.42 Å². The SMILES string of the molecule is COC(=O)c1c(C)oc(C)c1S(=O)(=O)N[C@@H](CC(C)C)C(=O)O. The van der Waals surface area contributed by atoms with Gasteiger partial charge in [-0.1, -0.05) is 13.8 Å². The van der Waals surface area contributed by atoms with Gasteiger partial charge in [-0.15, -0.1) is 0 Å². The van der Waals surface area contributed by atoms with Gasteiger partial charge < -0.3 is 14.3 Å². The Hall–Kier alpha value is -1.87. The molecule has 0 saturated heterocycles. The molecule has 8 nitrogen and oxygen atoms in total. The van der Waals surface area contributed by atoms with E-state index in [0.29, 0.717) is 0 Å². The highest BCUT2D eigenvalue weighted by Gasteiger charge is 2.34. The van der Waals surface area contributed by atoms with Gasteiger partial charge in [0.1, 0.15) is 28.0 Å². The molecule has 0 aliphatic rings. The summed E-state index contributed by atoms with van der Waals surface area (Å²) in [4.78, 5) is 22.7. The molecule has 0 unspecified atom stereocenters. The minimum absolute atomic E-state index is 0.0101. The molecule has 0 bridgehead atoms. The maximum Gasteiger partial charge on any atom is 0.342 e. The average molecular weight is 347 g/mol. The zero-order valence-corrected chi connectivity index (χ0v) is 14.5. The number of carbonyl (C=O) groups is 2. The standard InChI is InChI=1S/C14H21NO7S/c1-7(2)6-10(13(16)17)15-23(19,20)12-9(4)22-8(3)11(12)14(18)21-5/h7,10,15H,6H2,1-5H3,(H,16,17)/t10-/m0/s1. The third kappa shape index (κ3) is 4.32. The fourth-order valence-corrected chi connectivity index (χ4v) is 3.85. The second-order valence-electron chi connectivity index (χ2n) is 5.55. The Kier molecular flexibility index (Phi) is 5.95. The first-order chi connectivity index (χ1) is 10.5. The van der Waals surface area contributed by atoms with E-state index in [0.717, 1.165) is 7.11 Å². The molecule has 1 atom stereocenters. The average Bonchev–Trinajstić information content (AvgIpc) is 2.71. The molecule has 9 heteroatoms. The molecule has 130 valence electrons. The number of ether oxygens (including phenoxy) is 1. The summed E-state index contributed by atoms with van der Waals surface area (Å²) >= 11 is 0. The lowest BCUT2D eigenvalue weighted by molar-refractivity contribution is -0.139. The lowest BCUT2D eigenvalue weighted by atomic mass is 10.1. The van der Waals surface area contributed by atoms with Gasteiger partial charge in [-0.3, -0.25) is 4.79 Å². The Labute approximate surface area is 134 Å². The first-order valence-electron chi connectivity index (χ1n) is 6.94. The van der Waals surface area contributed by atoms with Crippen molar-refractivity contribution in [3.05, 3.63) is 17.1 Å². The Morgan fingerprint density at radius 2 is 1.83 bits per heavy atom. The van der Waals surface area contributed by atoms with Crippen LogP contribution >= 0.6 is 0 Å². The maximum absolute atomic E-state index is 12.6. The number of esters is 1. The fourth-order valence-electron chi connectivity index (χ4n) is 2.24. The monoisotopic (exact) mass is 347 g/mol. The zero-order chi connectivity index (χ0) is 17.9. The maximum atomic E-state index is 12.6. The van der Waals surface area contributed by atoms with Gasteiger partial charge in [0.2, 0.25) is 10.0 Å². The van der Waals surface area contributed by atoms with Crippen LogP contribution in [0.5, 0.6) is 0 Å². The van der Waals surface area contributed by atoms with Crippen LogP contribution < -0.4 is 4.72 Å². The van der Waals surface area contributed by atoms with E-state index in [2.05, 4.69) is 9.46 Å². The fraction of sp³-hybridized carbons (Fsp3) is 0.571. The molecule has 0 radical (unpaired) electrons. The van der Waals surface area contributed by atoms with E-state index in [1.807, 2.05) is 0 Å². The number of sulfonamides is 1. The topological polar surface area (TPSA) is 123 Å². The molecule has 0 aliphatic carbocycles. The number of carbonyl (C=O) groups excluding carboxylic acids is 1. The summed E-state index contributed by atoms with van der Waals surface area (Å²) in [5.74, 6) is -2.11. The highest BCUT2D eigenvalue weighted by atomic mass is 32.2. The van der Waals surface area contributed by atoms with Crippen LogP contribution in [-0.2, 0) is 19.6 Å². The van der Waals surface area contributed by atoms with Gasteiger partial charge in [-0.2, -0.15) is 4.72 Å². The molecule has 0 saturated carbocycles. The normalized spacial score (nSPS) is 13.1. The number of carboxylic acid groups (broad SMARTS) is 1. The summed E-state index contributed by atoms with van der Waals surface area (Å²) in [5, 5.41) is 9.19. The molecule has 1 aromatic rings. The van der Waals surface area contributed by atoms with E-state index in [1.54, 1.807) is 13.8 Å². The summed E-state index contributed by atoms with van der Waals surface area (Å²) in [6, 6.07) is -1.31. The number of rotatable bonds is 7. The molecular weight excluding hydrogens is 326 g/mol. The van der Waals surface area contributed by atoms with Crippen molar-refractivity contribution in [1.82, 2.24) is 4.72 Å². The van der Waals surface area contributed by atoms with Crippen molar-refractivity contribution >= 4 is 22.0 Å². The molecule has 23 heavy (non-hydrogen) atoms. The number of furan rings is 1. The quantitative estimate of drug-likeness (QED) is 0.716. The Morgan fingerprint density at radius 3 is 2.26 bits per heavy atom. The van der Waals surface area contributed by atoms with E-state index in [-0.39, 0.29) is 29.4 Å². The molecule has 1 heterocycles. The van der Waals surface area contributed by atoms with Gasteiger partial charge >= 0.3 is 11.9 Å². The van der Waals surface area contributed by atoms with Gasteiger partial charge in [0.05, 0.1) is 7.11 Å². The number of carboxylic acids is 1. The Morgan fingerprint density at radius 1 is 1.26 bits per heavy atom. The molecule has 1 aromatic heterocycles. The number of aliphatic carboxylic acids is 1. The highest BCUT2D eigenvalue weighted by Crippen LogP contribution is 2.27. The van der Waals surface area contributed by atoms with Gasteiger partial charge in [0.25, 0.3) is 0 Å². The van der Waals surface area contributed by atoms with Crippen molar-refractivity contribution in [2.24, 2.45) is 5.92 Å². The van der Waals surface area contributed by atoms with Crippen LogP contribution in [0.25, 0.3) is 0 Å². The van der Waals surface area contributed by atoms with Crippen LogP contribution in [0, 0.1) is 19.8 Å². The number of methoxy groups -OCH3 is 1. The number of aryl methyl sites for hydroxylation is 2. The van der Waals surface area contributed by atoms with Crippen LogP contribution in [0.15, 0.2) is 9.31 Å². The Balaban J connectivity index is 3.33. The predicted octanol–water partition coefficient (Wildman–Crippen LogP) is 1.46. The second-order valence-corrected chi connectivity index (χ2v) is 7.20. The number of hydrogen-bond donors (Lipinski definition) is 2. The first-order valence-corrected chi connectivity index (χ1v) is 8.43. The predicted molar refractivity (Wildman–Crippen MR) is 80.7 cm³/mol. The van der Waals surface area contributed by atoms with Crippen LogP contribution in [0.2, 0.25) is 0 Å². The van der Waals surface area contributed by atoms with Gasteiger partial charge in [0.15, 0.2) is 0 Å². The lowest BCUT2D eigenvalue weighted by Gasteiger charge is -2.16. The minimum Gasteiger partial charge on any atom is -0.480 e. The van der Waals surface area contributed by atoms with Crippen molar-refractivity contribution in [3.8, 4) is 0 Å². The van der Waals surface area contributed by atoms with Crippen LogP contribution in [0.3, 0.4) is 0 Å².